The number of hydrogen-bond acceptors (Lipinski definition) is 5. The Morgan fingerprint density at radius 1 is 1.35 bits per heavy atom. The normalized spacial score (nSPS) is 18.2. The van der Waals surface area contributed by atoms with Crippen molar-refractivity contribution < 1.29 is 17.5 Å². The first-order valence-corrected chi connectivity index (χ1v) is 9.36. The standard InChI is InChI=1S/C17H20FN3O3S.ClH/c1-12-16(6-5-15(24-2)17(12)18)25(22,23)21-9-8-20-11-14(21)13-4-3-7-19-10-13;/h3-7,10,14,20H,8-9,11H2,1-2H3;1H. The fraction of sp³-hybridized carbons (Fsp3) is 0.353. The van der Waals surface area contributed by atoms with Crippen LogP contribution in [0, 0.1) is 12.7 Å². The third kappa shape index (κ3) is 3.68. The number of halogens is 2. The van der Waals surface area contributed by atoms with Crippen molar-refractivity contribution in [3.05, 3.63) is 53.6 Å². The molecule has 26 heavy (non-hydrogen) atoms. The lowest BCUT2D eigenvalue weighted by atomic mass is 10.1. The zero-order chi connectivity index (χ0) is 18.0. The average molecular weight is 402 g/mol. The molecule has 142 valence electrons. The maximum Gasteiger partial charge on any atom is 0.244 e. The van der Waals surface area contributed by atoms with E-state index in [1.165, 1.54) is 30.5 Å². The summed E-state index contributed by atoms with van der Waals surface area (Å²) in [5, 5.41) is 3.20. The molecule has 1 N–H and O–H groups in total. The first-order chi connectivity index (χ1) is 12.0. The lowest BCUT2D eigenvalue weighted by Crippen LogP contribution is -2.48. The molecule has 1 atom stereocenters. The quantitative estimate of drug-likeness (QED) is 0.851. The molecule has 3 rings (SSSR count). The Balaban J connectivity index is 0.00000243. The predicted molar refractivity (Wildman–Crippen MR) is 98.7 cm³/mol. The monoisotopic (exact) mass is 401 g/mol. The number of hydrogen-bond donors (Lipinski definition) is 1. The minimum absolute atomic E-state index is 0. The maximum atomic E-state index is 14.3. The van der Waals surface area contributed by atoms with Gasteiger partial charge in [-0.3, -0.25) is 4.98 Å². The second-order valence-electron chi connectivity index (χ2n) is 5.83. The van der Waals surface area contributed by atoms with E-state index in [4.69, 9.17) is 4.74 Å². The largest absolute Gasteiger partial charge is 0.494 e. The highest BCUT2D eigenvalue weighted by atomic mass is 35.5. The lowest BCUT2D eigenvalue weighted by molar-refractivity contribution is 0.271. The molecule has 1 unspecified atom stereocenters. The summed E-state index contributed by atoms with van der Waals surface area (Å²) in [6, 6.07) is 5.96. The van der Waals surface area contributed by atoms with E-state index >= 15 is 0 Å². The van der Waals surface area contributed by atoms with Crippen LogP contribution >= 0.6 is 12.4 Å². The topological polar surface area (TPSA) is 71.5 Å². The number of nitrogens with zero attached hydrogens (tertiary/aromatic N) is 2. The van der Waals surface area contributed by atoms with Gasteiger partial charge in [0.2, 0.25) is 10.0 Å². The van der Waals surface area contributed by atoms with Gasteiger partial charge in [-0.1, -0.05) is 6.07 Å². The molecule has 0 amide bonds. The maximum absolute atomic E-state index is 14.3. The van der Waals surface area contributed by atoms with Crippen molar-refractivity contribution >= 4 is 22.4 Å². The van der Waals surface area contributed by atoms with Crippen molar-refractivity contribution in [3.63, 3.8) is 0 Å². The van der Waals surface area contributed by atoms with E-state index in [9.17, 15) is 12.8 Å². The van der Waals surface area contributed by atoms with Gasteiger partial charge in [-0.25, -0.2) is 12.8 Å². The van der Waals surface area contributed by atoms with Gasteiger partial charge in [0.1, 0.15) is 0 Å². The highest BCUT2D eigenvalue weighted by Crippen LogP contribution is 2.32. The second kappa shape index (κ2) is 8.30. The number of aromatic nitrogens is 1. The van der Waals surface area contributed by atoms with Crippen molar-refractivity contribution in [1.82, 2.24) is 14.6 Å². The third-order valence-corrected chi connectivity index (χ3v) is 6.42. The molecule has 1 aliphatic rings. The molecule has 2 heterocycles. The number of pyridine rings is 1. The number of methoxy groups -OCH3 is 1. The van der Waals surface area contributed by atoms with Gasteiger partial charge in [-0.05, 0) is 30.7 Å². The van der Waals surface area contributed by atoms with Crippen LogP contribution in [0.2, 0.25) is 0 Å². The first kappa shape index (κ1) is 20.6. The van der Waals surface area contributed by atoms with Crippen molar-refractivity contribution in [2.24, 2.45) is 0 Å². The third-order valence-electron chi connectivity index (χ3n) is 4.37. The predicted octanol–water partition coefficient (Wildman–Crippen LogP) is 2.29. The Kier molecular flexibility index (Phi) is 6.57. The summed E-state index contributed by atoms with van der Waals surface area (Å²) in [5.41, 5.74) is 0.854. The van der Waals surface area contributed by atoms with Crippen molar-refractivity contribution in [2.45, 2.75) is 17.9 Å². The van der Waals surface area contributed by atoms with Crippen molar-refractivity contribution in [2.75, 3.05) is 26.7 Å². The van der Waals surface area contributed by atoms with E-state index in [1.807, 2.05) is 6.07 Å². The summed E-state index contributed by atoms with van der Waals surface area (Å²) < 4.78 is 47.1. The number of ether oxygens (including phenoxy) is 1. The van der Waals surface area contributed by atoms with Crippen LogP contribution in [0.4, 0.5) is 4.39 Å². The molecule has 0 bridgehead atoms. The number of piperazine rings is 1. The molecule has 0 saturated carbocycles. The van der Waals surface area contributed by atoms with Crippen LogP contribution in [-0.4, -0.2) is 44.5 Å². The van der Waals surface area contributed by atoms with Gasteiger partial charge in [0, 0.05) is 37.6 Å². The summed E-state index contributed by atoms with van der Waals surface area (Å²) >= 11 is 0. The van der Waals surface area contributed by atoms with Crippen LogP contribution in [0.25, 0.3) is 0 Å². The van der Waals surface area contributed by atoms with Gasteiger partial charge in [-0.2, -0.15) is 4.31 Å². The van der Waals surface area contributed by atoms with E-state index in [-0.39, 0.29) is 28.6 Å². The summed E-state index contributed by atoms with van der Waals surface area (Å²) in [4.78, 5) is 4.04. The Hall–Kier alpha value is -1.74. The van der Waals surface area contributed by atoms with Crippen LogP contribution in [0.5, 0.6) is 5.75 Å². The molecule has 0 radical (unpaired) electrons. The first-order valence-electron chi connectivity index (χ1n) is 7.92. The number of benzene rings is 1. The van der Waals surface area contributed by atoms with E-state index in [0.717, 1.165) is 5.56 Å². The number of rotatable bonds is 4. The Bertz CT molecular complexity index is 865. The zero-order valence-electron chi connectivity index (χ0n) is 14.5. The van der Waals surface area contributed by atoms with Gasteiger partial charge < -0.3 is 10.1 Å². The van der Waals surface area contributed by atoms with Crippen molar-refractivity contribution in [1.29, 1.82) is 0 Å². The molecule has 1 aromatic carbocycles. The van der Waals surface area contributed by atoms with Crippen molar-refractivity contribution in [3.8, 4) is 5.75 Å². The molecule has 1 saturated heterocycles. The number of nitrogens with one attached hydrogen (secondary N) is 1. The SMILES string of the molecule is COc1ccc(S(=O)(=O)N2CCNCC2c2cccnc2)c(C)c1F.Cl. The molecule has 1 fully saturated rings. The second-order valence-corrected chi connectivity index (χ2v) is 7.69. The van der Waals surface area contributed by atoms with Gasteiger partial charge in [0.05, 0.1) is 18.0 Å². The molecule has 1 aliphatic heterocycles. The van der Waals surface area contributed by atoms with Gasteiger partial charge in [0.15, 0.2) is 11.6 Å². The van der Waals surface area contributed by atoms with Crippen LogP contribution < -0.4 is 10.1 Å². The van der Waals surface area contributed by atoms with E-state index in [1.54, 1.807) is 18.5 Å². The molecule has 2 aromatic rings. The highest BCUT2D eigenvalue weighted by Gasteiger charge is 2.36. The zero-order valence-corrected chi connectivity index (χ0v) is 16.1. The van der Waals surface area contributed by atoms with E-state index in [2.05, 4.69) is 10.3 Å². The molecular formula is C17H21ClFN3O3S. The van der Waals surface area contributed by atoms with Crippen LogP contribution in [-0.2, 0) is 10.0 Å². The Morgan fingerprint density at radius 2 is 2.12 bits per heavy atom. The smallest absolute Gasteiger partial charge is 0.244 e. The minimum atomic E-state index is -3.87. The van der Waals surface area contributed by atoms with Crippen LogP contribution in [0.15, 0.2) is 41.6 Å². The summed E-state index contributed by atoms with van der Waals surface area (Å²) in [6.07, 6.45) is 3.29. The molecule has 0 aliphatic carbocycles. The summed E-state index contributed by atoms with van der Waals surface area (Å²) in [7, 11) is -2.52. The highest BCUT2D eigenvalue weighted by molar-refractivity contribution is 7.89. The molecule has 6 nitrogen and oxygen atoms in total. The van der Waals surface area contributed by atoms with Crippen LogP contribution in [0.3, 0.4) is 0 Å². The Labute approximate surface area is 158 Å². The summed E-state index contributed by atoms with van der Waals surface area (Å²) in [5.74, 6) is -0.628. The lowest BCUT2D eigenvalue weighted by Gasteiger charge is -2.35. The number of sulfonamides is 1. The molecule has 9 heteroatoms. The van der Waals surface area contributed by atoms with Crippen LogP contribution in [0.1, 0.15) is 17.2 Å². The Morgan fingerprint density at radius 3 is 2.77 bits per heavy atom. The molecule has 1 aromatic heterocycles. The fourth-order valence-corrected chi connectivity index (χ4v) is 4.87. The van der Waals surface area contributed by atoms with Gasteiger partial charge in [-0.15, -0.1) is 12.4 Å². The van der Waals surface area contributed by atoms with E-state index < -0.39 is 21.9 Å². The fourth-order valence-electron chi connectivity index (χ4n) is 3.04. The average Bonchev–Trinajstić information content (AvgIpc) is 2.64. The van der Waals surface area contributed by atoms with Gasteiger partial charge >= 0.3 is 0 Å². The molecule has 0 spiro atoms. The molecular weight excluding hydrogens is 381 g/mol. The van der Waals surface area contributed by atoms with E-state index in [0.29, 0.717) is 19.6 Å². The summed E-state index contributed by atoms with van der Waals surface area (Å²) in [6.45, 7) is 2.76. The minimum Gasteiger partial charge on any atom is -0.494 e. The van der Waals surface area contributed by atoms with Gasteiger partial charge in [0.25, 0.3) is 0 Å².